The maximum atomic E-state index is 11.4. The van der Waals surface area contributed by atoms with Crippen molar-refractivity contribution in [3.05, 3.63) is 0 Å². The lowest BCUT2D eigenvalue weighted by Gasteiger charge is -2.44. The highest BCUT2D eigenvalue weighted by molar-refractivity contribution is 5.70. The summed E-state index contributed by atoms with van der Waals surface area (Å²) < 4.78 is 5.46. The molecule has 1 saturated heterocycles. The third kappa shape index (κ3) is 1.39. The highest BCUT2D eigenvalue weighted by Gasteiger charge is 2.54. The zero-order valence-electron chi connectivity index (χ0n) is 9.25. The van der Waals surface area contributed by atoms with E-state index in [4.69, 9.17) is 4.74 Å². The van der Waals surface area contributed by atoms with Gasteiger partial charge in [-0.05, 0) is 31.6 Å². The zero-order chi connectivity index (χ0) is 10.3. The molecule has 1 amide bonds. The number of hydrogen-bond donors (Lipinski definition) is 0. The SMILES string of the molecule is CCN1CC2(CC(C(C)C)C2)OC1=O. The van der Waals surface area contributed by atoms with E-state index in [1.165, 1.54) is 0 Å². The molecule has 2 fully saturated rings. The zero-order valence-corrected chi connectivity index (χ0v) is 9.25. The van der Waals surface area contributed by atoms with Crippen molar-refractivity contribution >= 4 is 6.09 Å². The number of amides is 1. The van der Waals surface area contributed by atoms with Gasteiger partial charge in [0.15, 0.2) is 0 Å². The van der Waals surface area contributed by atoms with Gasteiger partial charge in [-0.2, -0.15) is 0 Å². The number of likely N-dealkylation sites (N-methyl/N-ethyl adjacent to an activating group) is 1. The van der Waals surface area contributed by atoms with Gasteiger partial charge in [0.25, 0.3) is 0 Å². The predicted octanol–water partition coefficient (Wildman–Crippen LogP) is 2.26. The Morgan fingerprint density at radius 3 is 2.64 bits per heavy atom. The van der Waals surface area contributed by atoms with Gasteiger partial charge >= 0.3 is 6.09 Å². The van der Waals surface area contributed by atoms with Crippen LogP contribution in [-0.2, 0) is 4.74 Å². The van der Waals surface area contributed by atoms with Crippen LogP contribution < -0.4 is 0 Å². The molecule has 0 radical (unpaired) electrons. The fourth-order valence-electron chi connectivity index (χ4n) is 2.52. The van der Waals surface area contributed by atoms with E-state index in [0.29, 0.717) is 0 Å². The lowest BCUT2D eigenvalue weighted by molar-refractivity contribution is -0.0613. The minimum absolute atomic E-state index is 0.109. The van der Waals surface area contributed by atoms with E-state index in [9.17, 15) is 4.79 Å². The van der Waals surface area contributed by atoms with Gasteiger partial charge < -0.3 is 9.64 Å². The van der Waals surface area contributed by atoms with Crippen LogP contribution in [0, 0.1) is 11.8 Å². The van der Waals surface area contributed by atoms with Gasteiger partial charge in [-0.1, -0.05) is 13.8 Å². The first-order chi connectivity index (χ1) is 6.56. The summed E-state index contributed by atoms with van der Waals surface area (Å²) in [6, 6.07) is 0. The van der Waals surface area contributed by atoms with Crippen LogP contribution in [0.15, 0.2) is 0 Å². The molecule has 0 aromatic carbocycles. The molecule has 1 heterocycles. The molecule has 1 aliphatic carbocycles. The lowest BCUT2D eigenvalue weighted by atomic mass is 9.66. The molecule has 2 aliphatic rings. The smallest absolute Gasteiger partial charge is 0.410 e. The molecule has 1 saturated carbocycles. The highest BCUT2D eigenvalue weighted by Crippen LogP contribution is 2.47. The molecule has 0 aromatic rings. The van der Waals surface area contributed by atoms with Crippen molar-refractivity contribution in [1.29, 1.82) is 0 Å². The van der Waals surface area contributed by atoms with E-state index in [0.717, 1.165) is 37.8 Å². The van der Waals surface area contributed by atoms with Gasteiger partial charge in [-0.15, -0.1) is 0 Å². The molecule has 0 bridgehead atoms. The maximum Gasteiger partial charge on any atom is 0.410 e. The number of nitrogens with zero attached hydrogens (tertiary/aromatic N) is 1. The molecule has 1 spiro atoms. The van der Waals surface area contributed by atoms with Crippen molar-refractivity contribution < 1.29 is 9.53 Å². The van der Waals surface area contributed by atoms with E-state index in [1.54, 1.807) is 4.90 Å². The fourth-order valence-corrected chi connectivity index (χ4v) is 2.52. The lowest BCUT2D eigenvalue weighted by Crippen LogP contribution is -2.48. The third-order valence-electron chi connectivity index (χ3n) is 3.63. The topological polar surface area (TPSA) is 29.5 Å². The van der Waals surface area contributed by atoms with Crippen molar-refractivity contribution in [2.24, 2.45) is 11.8 Å². The second-order valence-corrected chi connectivity index (χ2v) is 4.98. The summed E-state index contributed by atoms with van der Waals surface area (Å²) >= 11 is 0. The molecule has 2 rings (SSSR count). The predicted molar refractivity (Wildman–Crippen MR) is 54.0 cm³/mol. The van der Waals surface area contributed by atoms with Crippen molar-refractivity contribution in [3.8, 4) is 0 Å². The largest absolute Gasteiger partial charge is 0.441 e. The van der Waals surface area contributed by atoms with Crippen molar-refractivity contribution in [3.63, 3.8) is 0 Å². The number of ether oxygens (including phenoxy) is 1. The molecule has 0 atom stereocenters. The average Bonchev–Trinajstić information content (AvgIpc) is 2.39. The minimum Gasteiger partial charge on any atom is -0.441 e. The minimum atomic E-state index is -0.116. The summed E-state index contributed by atoms with van der Waals surface area (Å²) in [6.45, 7) is 8.06. The Morgan fingerprint density at radius 2 is 2.21 bits per heavy atom. The Morgan fingerprint density at radius 1 is 1.57 bits per heavy atom. The van der Waals surface area contributed by atoms with E-state index in [-0.39, 0.29) is 11.7 Å². The second-order valence-electron chi connectivity index (χ2n) is 4.98. The van der Waals surface area contributed by atoms with Gasteiger partial charge in [0, 0.05) is 6.54 Å². The Kier molecular flexibility index (Phi) is 2.20. The first kappa shape index (κ1) is 9.81. The van der Waals surface area contributed by atoms with E-state index in [2.05, 4.69) is 13.8 Å². The van der Waals surface area contributed by atoms with Gasteiger partial charge in [-0.3, -0.25) is 0 Å². The van der Waals surface area contributed by atoms with Crippen LogP contribution in [0.1, 0.15) is 33.6 Å². The van der Waals surface area contributed by atoms with Gasteiger partial charge in [0.2, 0.25) is 0 Å². The molecule has 14 heavy (non-hydrogen) atoms. The van der Waals surface area contributed by atoms with Crippen molar-refractivity contribution in [2.75, 3.05) is 13.1 Å². The first-order valence-electron chi connectivity index (χ1n) is 5.54. The van der Waals surface area contributed by atoms with Crippen molar-refractivity contribution in [1.82, 2.24) is 4.90 Å². The molecule has 3 nitrogen and oxygen atoms in total. The molecule has 3 heteroatoms. The van der Waals surface area contributed by atoms with Crippen LogP contribution in [0.5, 0.6) is 0 Å². The number of carbonyl (C=O) groups is 1. The van der Waals surface area contributed by atoms with E-state index >= 15 is 0 Å². The van der Waals surface area contributed by atoms with Crippen LogP contribution >= 0.6 is 0 Å². The summed E-state index contributed by atoms with van der Waals surface area (Å²) in [7, 11) is 0. The summed E-state index contributed by atoms with van der Waals surface area (Å²) in [5, 5.41) is 0. The third-order valence-corrected chi connectivity index (χ3v) is 3.63. The standard InChI is InChI=1S/C11H19NO2/c1-4-12-7-11(14-10(12)13)5-9(6-11)8(2)3/h8-9H,4-7H2,1-3H3. The monoisotopic (exact) mass is 197 g/mol. The molecule has 80 valence electrons. The normalized spacial score (nSPS) is 36.4. The van der Waals surface area contributed by atoms with Gasteiger partial charge in [-0.25, -0.2) is 4.79 Å². The average molecular weight is 197 g/mol. The Labute approximate surface area is 85.4 Å². The molecule has 0 aromatic heterocycles. The summed E-state index contributed by atoms with van der Waals surface area (Å²) in [5.74, 6) is 1.47. The number of rotatable bonds is 2. The Bertz CT molecular complexity index is 244. The fraction of sp³-hybridized carbons (Fsp3) is 0.909. The number of hydrogen-bond acceptors (Lipinski definition) is 2. The van der Waals surface area contributed by atoms with Crippen LogP contribution in [0.4, 0.5) is 4.79 Å². The highest BCUT2D eigenvalue weighted by atomic mass is 16.6. The maximum absolute atomic E-state index is 11.4. The van der Waals surface area contributed by atoms with Crippen LogP contribution in [0.2, 0.25) is 0 Å². The molecular formula is C11H19NO2. The Hall–Kier alpha value is -0.730. The van der Waals surface area contributed by atoms with Gasteiger partial charge in [0.05, 0.1) is 6.54 Å². The quantitative estimate of drug-likeness (QED) is 0.679. The van der Waals surface area contributed by atoms with Crippen LogP contribution in [0.25, 0.3) is 0 Å². The molecule has 1 aliphatic heterocycles. The summed E-state index contributed by atoms with van der Waals surface area (Å²) in [6.07, 6.45) is 2.01. The molecule has 0 N–H and O–H groups in total. The summed E-state index contributed by atoms with van der Waals surface area (Å²) in [4.78, 5) is 13.2. The first-order valence-corrected chi connectivity index (χ1v) is 5.54. The van der Waals surface area contributed by atoms with Crippen LogP contribution in [-0.4, -0.2) is 29.7 Å². The van der Waals surface area contributed by atoms with Crippen LogP contribution in [0.3, 0.4) is 0 Å². The second kappa shape index (κ2) is 3.14. The Balaban J connectivity index is 1.94. The van der Waals surface area contributed by atoms with E-state index < -0.39 is 0 Å². The molecule has 0 unspecified atom stereocenters. The van der Waals surface area contributed by atoms with Gasteiger partial charge in [0.1, 0.15) is 5.60 Å². The van der Waals surface area contributed by atoms with E-state index in [1.807, 2.05) is 6.92 Å². The molecular weight excluding hydrogens is 178 g/mol. The number of carbonyl (C=O) groups excluding carboxylic acids is 1. The van der Waals surface area contributed by atoms with Crippen molar-refractivity contribution in [2.45, 2.75) is 39.2 Å². The summed E-state index contributed by atoms with van der Waals surface area (Å²) in [5.41, 5.74) is -0.109.